The molecule has 26 heavy (non-hydrogen) atoms. The van der Waals surface area contributed by atoms with Crippen LogP contribution in [0.2, 0.25) is 0 Å². The van der Waals surface area contributed by atoms with Crippen molar-refractivity contribution >= 4 is 17.8 Å². The molecule has 0 aromatic carbocycles. The van der Waals surface area contributed by atoms with E-state index in [0.717, 1.165) is 12.8 Å². The zero-order valence-electron chi connectivity index (χ0n) is 16.3. The molecule has 0 aliphatic heterocycles. The molecule has 0 aliphatic rings. The van der Waals surface area contributed by atoms with Gasteiger partial charge in [-0.2, -0.15) is 0 Å². The summed E-state index contributed by atoms with van der Waals surface area (Å²) in [5, 5.41) is 19.8. The van der Waals surface area contributed by atoms with Gasteiger partial charge in [0.05, 0.1) is 6.42 Å². The maximum absolute atomic E-state index is 11.7. The molecule has 0 radical (unpaired) electrons. The predicted molar refractivity (Wildman–Crippen MR) is 102 cm³/mol. The Morgan fingerprint density at radius 1 is 0.731 bits per heavy atom. The van der Waals surface area contributed by atoms with E-state index in [-0.39, 0.29) is 12.3 Å². The minimum absolute atomic E-state index is 0.251. The molecule has 0 spiro atoms. The van der Waals surface area contributed by atoms with Gasteiger partial charge < -0.3 is 15.5 Å². The fourth-order valence-electron chi connectivity index (χ4n) is 2.94. The summed E-state index contributed by atoms with van der Waals surface area (Å²) in [4.78, 5) is 33.1. The largest absolute Gasteiger partial charge is 0.481 e. The summed E-state index contributed by atoms with van der Waals surface area (Å²) in [7, 11) is 0. The van der Waals surface area contributed by atoms with Gasteiger partial charge in [0.2, 0.25) is 5.91 Å². The third kappa shape index (κ3) is 15.9. The molecule has 0 rings (SSSR count). The van der Waals surface area contributed by atoms with Gasteiger partial charge in [-0.25, -0.2) is 4.79 Å². The summed E-state index contributed by atoms with van der Waals surface area (Å²) in [6.07, 6.45) is 15.5. The van der Waals surface area contributed by atoms with Crippen LogP contribution < -0.4 is 5.32 Å². The number of hydrogen-bond donors (Lipinski definition) is 3. The highest BCUT2D eigenvalue weighted by Gasteiger charge is 2.22. The van der Waals surface area contributed by atoms with Gasteiger partial charge in [0, 0.05) is 6.42 Å². The lowest BCUT2D eigenvalue weighted by Crippen LogP contribution is -2.42. The van der Waals surface area contributed by atoms with E-state index in [1.165, 1.54) is 64.2 Å². The zero-order valence-corrected chi connectivity index (χ0v) is 16.3. The minimum atomic E-state index is -1.35. The number of unbranched alkanes of at least 4 members (excludes halogenated alkanes) is 12. The molecule has 6 nitrogen and oxygen atoms in total. The highest BCUT2D eigenvalue weighted by atomic mass is 16.4. The number of carbonyl (C=O) groups excluding carboxylic acids is 1. The molecule has 6 heteroatoms. The molecule has 1 amide bonds. The van der Waals surface area contributed by atoms with Crippen molar-refractivity contribution in [3.8, 4) is 0 Å². The topological polar surface area (TPSA) is 104 Å². The Balaban J connectivity index is 3.47. The van der Waals surface area contributed by atoms with E-state index in [9.17, 15) is 14.4 Å². The minimum Gasteiger partial charge on any atom is -0.481 e. The van der Waals surface area contributed by atoms with Crippen LogP contribution in [0.15, 0.2) is 0 Å². The fraction of sp³-hybridized carbons (Fsp3) is 0.850. The molecule has 0 aromatic rings. The molecule has 152 valence electrons. The average molecular weight is 372 g/mol. The molecule has 0 fully saturated rings. The average Bonchev–Trinajstić information content (AvgIpc) is 2.58. The van der Waals surface area contributed by atoms with Crippen molar-refractivity contribution < 1.29 is 24.6 Å². The summed E-state index contributed by atoms with van der Waals surface area (Å²) in [5.74, 6) is -2.94. The first-order valence-corrected chi connectivity index (χ1v) is 10.2. The van der Waals surface area contributed by atoms with Crippen LogP contribution in [-0.4, -0.2) is 34.1 Å². The van der Waals surface area contributed by atoms with Gasteiger partial charge in [0.25, 0.3) is 0 Å². The first kappa shape index (κ1) is 24.4. The van der Waals surface area contributed by atoms with Gasteiger partial charge >= 0.3 is 11.9 Å². The van der Waals surface area contributed by atoms with Crippen molar-refractivity contribution in [1.29, 1.82) is 0 Å². The Hall–Kier alpha value is -1.59. The Kier molecular flexibility index (Phi) is 15.8. The number of nitrogens with one attached hydrogen (secondary N) is 1. The molecule has 0 aliphatic carbocycles. The van der Waals surface area contributed by atoms with Crippen LogP contribution in [0.3, 0.4) is 0 Å². The molecular weight excluding hydrogens is 334 g/mol. The van der Waals surface area contributed by atoms with Gasteiger partial charge in [0.1, 0.15) is 6.04 Å². The molecule has 0 aromatic heterocycles. The maximum atomic E-state index is 11.7. The Morgan fingerprint density at radius 2 is 1.15 bits per heavy atom. The van der Waals surface area contributed by atoms with E-state index in [1.54, 1.807) is 0 Å². The second kappa shape index (κ2) is 16.9. The van der Waals surface area contributed by atoms with Crippen molar-refractivity contribution in [2.24, 2.45) is 0 Å². The number of carboxylic acids is 2. The third-order valence-corrected chi connectivity index (χ3v) is 4.52. The lowest BCUT2D eigenvalue weighted by atomic mass is 10.0. The second-order valence-electron chi connectivity index (χ2n) is 7.05. The fourth-order valence-corrected chi connectivity index (χ4v) is 2.94. The van der Waals surface area contributed by atoms with Gasteiger partial charge in [0.15, 0.2) is 0 Å². The summed E-state index contributed by atoms with van der Waals surface area (Å²) in [6.45, 7) is 2.23. The molecule has 3 N–H and O–H groups in total. The van der Waals surface area contributed by atoms with Crippen molar-refractivity contribution in [3.63, 3.8) is 0 Å². The van der Waals surface area contributed by atoms with E-state index in [4.69, 9.17) is 10.2 Å². The summed E-state index contributed by atoms with van der Waals surface area (Å²) in [6, 6.07) is -1.35. The van der Waals surface area contributed by atoms with Crippen LogP contribution >= 0.6 is 0 Å². The van der Waals surface area contributed by atoms with Gasteiger partial charge in [-0.05, 0) is 6.42 Å². The Morgan fingerprint density at radius 3 is 1.54 bits per heavy atom. The molecule has 0 heterocycles. The number of amides is 1. The molecule has 1 unspecified atom stereocenters. The smallest absolute Gasteiger partial charge is 0.326 e. The molecule has 1 atom stereocenters. The third-order valence-electron chi connectivity index (χ3n) is 4.52. The number of rotatable bonds is 18. The van der Waals surface area contributed by atoms with E-state index >= 15 is 0 Å². The van der Waals surface area contributed by atoms with Crippen LogP contribution in [0.4, 0.5) is 0 Å². The standard InChI is InChI=1S/C20H37NO5/c1-2-3-4-5-6-7-8-9-10-11-12-13-14-15-18(22)21-17(20(25)26)16-19(23)24/h17H,2-16H2,1H3,(H,21,22)(H,23,24)(H,25,26). The monoisotopic (exact) mass is 371 g/mol. The van der Waals surface area contributed by atoms with E-state index in [0.29, 0.717) is 6.42 Å². The van der Waals surface area contributed by atoms with Crippen molar-refractivity contribution in [2.75, 3.05) is 0 Å². The van der Waals surface area contributed by atoms with E-state index in [2.05, 4.69) is 12.2 Å². The Labute approximate surface area is 157 Å². The lowest BCUT2D eigenvalue weighted by Gasteiger charge is -2.12. The maximum Gasteiger partial charge on any atom is 0.326 e. The Bertz CT molecular complexity index is 398. The first-order chi connectivity index (χ1) is 12.5. The summed E-state index contributed by atoms with van der Waals surface area (Å²) < 4.78 is 0. The zero-order chi connectivity index (χ0) is 19.6. The van der Waals surface area contributed by atoms with Crippen LogP contribution in [0, 0.1) is 0 Å². The van der Waals surface area contributed by atoms with Crippen LogP contribution in [-0.2, 0) is 14.4 Å². The SMILES string of the molecule is CCCCCCCCCCCCCCCC(=O)NC(CC(=O)O)C(=O)O. The second-order valence-corrected chi connectivity index (χ2v) is 7.05. The number of hydrogen-bond acceptors (Lipinski definition) is 3. The van der Waals surface area contributed by atoms with Crippen LogP contribution in [0.5, 0.6) is 0 Å². The molecule has 0 bridgehead atoms. The highest BCUT2D eigenvalue weighted by Crippen LogP contribution is 2.13. The van der Waals surface area contributed by atoms with Crippen LogP contribution in [0.25, 0.3) is 0 Å². The number of carboxylic acid groups (broad SMARTS) is 2. The van der Waals surface area contributed by atoms with Crippen LogP contribution in [0.1, 0.15) is 103 Å². The first-order valence-electron chi connectivity index (χ1n) is 10.2. The summed E-state index contributed by atoms with van der Waals surface area (Å²) >= 11 is 0. The molecular formula is C20H37NO5. The normalized spacial score (nSPS) is 11.9. The van der Waals surface area contributed by atoms with E-state index < -0.39 is 24.4 Å². The molecule has 0 saturated heterocycles. The van der Waals surface area contributed by atoms with Gasteiger partial charge in [-0.1, -0.05) is 84.0 Å². The van der Waals surface area contributed by atoms with E-state index in [1.807, 2.05) is 0 Å². The van der Waals surface area contributed by atoms with Gasteiger partial charge in [-0.3, -0.25) is 9.59 Å². The molecule has 0 saturated carbocycles. The van der Waals surface area contributed by atoms with Crippen molar-refractivity contribution in [3.05, 3.63) is 0 Å². The highest BCUT2D eigenvalue weighted by molar-refractivity contribution is 5.86. The lowest BCUT2D eigenvalue weighted by molar-refractivity contribution is -0.147. The predicted octanol–water partition coefficient (Wildman–Crippen LogP) is 4.51. The van der Waals surface area contributed by atoms with Crippen molar-refractivity contribution in [2.45, 2.75) is 109 Å². The quantitative estimate of drug-likeness (QED) is 0.307. The number of aliphatic carboxylic acids is 2. The van der Waals surface area contributed by atoms with Gasteiger partial charge in [-0.15, -0.1) is 0 Å². The number of carbonyl (C=O) groups is 3. The summed E-state index contributed by atoms with van der Waals surface area (Å²) in [5.41, 5.74) is 0. The van der Waals surface area contributed by atoms with Crippen molar-refractivity contribution in [1.82, 2.24) is 5.32 Å².